The van der Waals surface area contributed by atoms with Crippen LogP contribution in [0, 0.1) is 13.8 Å². The van der Waals surface area contributed by atoms with E-state index < -0.39 is 12.6 Å². The van der Waals surface area contributed by atoms with E-state index in [1.165, 1.54) is 6.33 Å². The second kappa shape index (κ2) is 6.10. The van der Waals surface area contributed by atoms with Crippen LogP contribution in [0.3, 0.4) is 0 Å². The number of rotatable bonds is 4. The van der Waals surface area contributed by atoms with Gasteiger partial charge in [0.2, 0.25) is 0 Å². The molecule has 5 nitrogen and oxygen atoms in total. The molecular formula is C16H16F3N5. The molecule has 0 radical (unpaired) electrons. The number of fused-ring (bicyclic) bond motifs is 1. The van der Waals surface area contributed by atoms with E-state index in [4.69, 9.17) is 0 Å². The Kier molecular flexibility index (Phi) is 4.13. The van der Waals surface area contributed by atoms with Gasteiger partial charge in [0.25, 0.3) is 5.78 Å². The van der Waals surface area contributed by atoms with Gasteiger partial charge >= 0.3 is 6.18 Å². The van der Waals surface area contributed by atoms with Crippen molar-refractivity contribution in [2.75, 3.05) is 5.32 Å². The van der Waals surface area contributed by atoms with Crippen molar-refractivity contribution in [3.8, 4) is 0 Å². The summed E-state index contributed by atoms with van der Waals surface area (Å²) in [7, 11) is 0. The van der Waals surface area contributed by atoms with E-state index in [9.17, 15) is 13.2 Å². The van der Waals surface area contributed by atoms with Crippen LogP contribution in [0.5, 0.6) is 0 Å². The second-order valence-corrected chi connectivity index (χ2v) is 5.58. The van der Waals surface area contributed by atoms with Gasteiger partial charge < -0.3 is 5.32 Å². The molecule has 0 aliphatic carbocycles. The van der Waals surface area contributed by atoms with Crippen LogP contribution in [0.15, 0.2) is 30.6 Å². The monoisotopic (exact) mass is 335 g/mol. The Morgan fingerprint density at radius 1 is 1.21 bits per heavy atom. The summed E-state index contributed by atoms with van der Waals surface area (Å²) < 4.78 is 38.7. The van der Waals surface area contributed by atoms with E-state index in [1.54, 1.807) is 28.8 Å². The molecule has 0 amide bonds. The normalized spacial score (nSPS) is 11.9. The van der Waals surface area contributed by atoms with Crippen molar-refractivity contribution in [3.05, 3.63) is 47.4 Å². The summed E-state index contributed by atoms with van der Waals surface area (Å²) in [5.41, 5.74) is 3.02. The molecule has 0 aliphatic rings. The third kappa shape index (κ3) is 3.47. The zero-order chi connectivity index (χ0) is 17.3. The Bertz CT molecular complexity index is 870. The van der Waals surface area contributed by atoms with E-state index in [0.29, 0.717) is 22.8 Å². The van der Waals surface area contributed by atoms with E-state index in [-0.39, 0.29) is 6.42 Å². The molecule has 0 atom stereocenters. The number of anilines is 2. The van der Waals surface area contributed by atoms with Gasteiger partial charge in [0.1, 0.15) is 12.1 Å². The lowest BCUT2D eigenvalue weighted by Gasteiger charge is -2.13. The molecule has 1 aromatic carbocycles. The minimum atomic E-state index is -4.16. The van der Waals surface area contributed by atoms with E-state index >= 15 is 0 Å². The van der Waals surface area contributed by atoms with Crippen molar-refractivity contribution in [1.29, 1.82) is 0 Å². The maximum Gasteiger partial charge on any atom is 0.389 e. The van der Waals surface area contributed by atoms with Crippen molar-refractivity contribution >= 4 is 17.3 Å². The smallest absolute Gasteiger partial charge is 0.340 e. The highest BCUT2D eigenvalue weighted by atomic mass is 19.4. The van der Waals surface area contributed by atoms with Crippen LogP contribution in [0.1, 0.15) is 23.2 Å². The third-order valence-corrected chi connectivity index (χ3v) is 3.79. The van der Waals surface area contributed by atoms with Crippen LogP contribution in [0.2, 0.25) is 0 Å². The molecule has 1 N–H and O–H groups in total. The molecule has 3 aromatic rings. The van der Waals surface area contributed by atoms with Gasteiger partial charge in [-0.2, -0.15) is 27.8 Å². The molecule has 2 aromatic heterocycles. The quantitative estimate of drug-likeness (QED) is 0.783. The van der Waals surface area contributed by atoms with Gasteiger partial charge in [0.05, 0.1) is 0 Å². The largest absolute Gasteiger partial charge is 0.389 e. The number of aryl methyl sites for hydroxylation is 2. The summed E-state index contributed by atoms with van der Waals surface area (Å²) in [5, 5.41) is 7.36. The second-order valence-electron chi connectivity index (χ2n) is 5.58. The first-order valence-electron chi connectivity index (χ1n) is 7.43. The van der Waals surface area contributed by atoms with Crippen LogP contribution >= 0.6 is 0 Å². The number of nitrogens with zero attached hydrogens (tertiary/aromatic N) is 4. The van der Waals surface area contributed by atoms with Gasteiger partial charge in [0, 0.05) is 23.4 Å². The van der Waals surface area contributed by atoms with Crippen molar-refractivity contribution < 1.29 is 13.2 Å². The Hall–Kier alpha value is -2.64. The summed E-state index contributed by atoms with van der Waals surface area (Å²) in [5.74, 6) is 1.16. The van der Waals surface area contributed by atoms with Gasteiger partial charge in [-0.3, -0.25) is 0 Å². The summed E-state index contributed by atoms with van der Waals surface area (Å²) >= 11 is 0. The van der Waals surface area contributed by atoms with Crippen LogP contribution < -0.4 is 5.32 Å². The molecule has 8 heteroatoms. The first kappa shape index (κ1) is 16.2. The molecule has 3 rings (SSSR count). The zero-order valence-electron chi connectivity index (χ0n) is 13.2. The highest BCUT2D eigenvalue weighted by Gasteiger charge is 2.26. The number of alkyl halides is 3. The fraction of sp³-hybridized carbons (Fsp3) is 0.312. The molecule has 2 heterocycles. The van der Waals surface area contributed by atoms with E-state index in [2.05, 4.69) is 20.4 Å². The Labute approximate surface area is 136 Å². The Morgan fingerprint density at radius 2 is 2.00 bits per heavy atom. The molecule has 126 valence electrons. The lowest BCUT2D eigenvalue weighted by atomic mass is 10.1. The van der Waals surface area contributed by atoms with Crippen LogP contribution in [-0.4, -0.2) is 25.8 Å². The molecule has 0 aliphatic heterocycles. The van der Waals surface area contributed by atoms with E-state index in [1.807, 2.05) is 13.8 Å². The van der Waals surface area contributed by atoms with Gasteiger partial charge in [-0.1, -0.05) is 12.1 Å². The van der Waals surface area contributed by atoms with Crippen molar-refractivity contribution in [2.24, 2.45) is 0 Å². The standard InChI is InChI=1S/C16H16F3N5/c1-10-11(2)22-15-20-9-21-24(15)14(10)23-13-5-3-4-12(8-13)6-7-16(17,18)19/h3-5,8-9,23H,6-7H2,1-2H3. The molecule has 24 heavy (non-hydrogen) atoms. The fourth-order valence-electron chi connectivity index (χ4n) is 2.41. The first-order chi connectivity index (χ1) is 11.3. The molecule has 0 saturated carbocycles. The maximum atomic E-state index is 12.4. The average molecular weight is 335 g/mol. The minimum absolute atomic E-state index is 0.0495. The van der Waals surface area contributed by atoms with Gasteiger partial charge in [-0.25, -0.2) is 4.98 Å². The molecule has 0 bridgehead atoms. The van der Waals surface area contributed by atoms with E-state index in [0.717, 1.165) is 11.3 Å². The number of hydrogen-bond acceptors (Lipinski definition) is 4. The number of benzene rings is 1. The average Bonchev–Trinajstić information content (AvgIpc) is 2.97. The summed E-state index contributed by atoms with van der Waals surface area (Å²) in [6.07, 6.45) is -3.63. The fourth-order valence-corrected chi connectivity index (χ4v) is 2.41. The topological polar surface area (TPSA) is 55.1 Å². The van der Waals surface area contributed by atoms with Crippen molar-refractivity contribution in [1.82, 2.24) is 19.6 Å². The number of halogens is 3. The zero-order valence-corrected chi connectivity index (χ0v) is 13.2. The Morgan fingerprint density at radius 3 is 2.75 bits per heavy atom. The van der Waals surface area contributed by atoms with Gasteiger partial charge in [-0.05, 0) is 38.0 Å². The summed E-state index contributed by atoms with van der Waals surface area (Å²) in [6.45, 7) is 3.77. The SMILES string of the molecule is Cc1nc2ncnn2c(Nc2cccc(CCC(F)(F)F)c2)c1C. The predicted octanol–water partition coefficient (Wildman–Crippen LogP) is 3.98. The van der Waals surface area contributed by atoms with Crippen molar-refractivity contribution in [3.63, 3.8) is 0 Å². The van der Waals surface area contributed by atoms with Crippen molar-refractivity contribution in [2.45, 2.75) is 32.9 Å². The lowest BCUT2D eigenvalue weighted by Crippen LogP contribution is -2.09. The molecule has 0 fully saturated rings. The minimum Gasteiger partial charge on any atom is -0.340 e. The van der Waals surface area contributed by atoms with Gasteiger partial charge in [-0.15, -0.1) is 0 Å². The molecule has 0 unspecified atom stereocenters. The molecule has 0 spiro atoms. The number of hydrogen-bond donors (Lipinski definition) is 1. The highest BCUT2D eigenvalue weighted by Crippen LogP contribution is 2.25. The van der Waals surface area contributed by atoms with Crippen LogP contribution in [0.25, 0.3) is 5.78 Å². The van der Waals surface area contributed by atoms with Crippen LogP contribution in [0.4, 0.5) is 24.7 Å². The lowest BCUT2D eigenvalue weighted by molar-refractivity contribution is -0.133. The third-order valence-electron chi connectivity index (χ3n) is 3.79. The van der Waals surface area contributed by atoms with Gasteiger partial charge in [0.15, 0.2) is 0 Å². The number of aromatic nitrogens is 4. The predicted molar refractivity (Wildman–Crippen MR) is 84.4 cm³/mol. The molecular weight excluding hydrogens is 319 g/mol. The molecule has 0 saturated heterocycles. The summed E-state index contributed by atoms with van der Waals surface area (Å²) in [4.78, 5) is 8.41. The number of nitrogens with one attached hydrogen (secondary N) is 1. The first-order valence-corrected chi connectivity index (χ1v) is 7.43. The highest BCUT2D eigenvalue weighted by molar-refractivity contribution is 5.63. The maximum absolute atomic E-state index is 12.4. The summed E-state index contributed by atoms with van der Waals surface area (Å²) in [6, 6.07) is 6.93. The Balaban J connectivity index is 1.89. The van der Waals surface area contributed by atoms with Crippen LogP contribution in [-0.2, 0) is 6.42 Å².